The van der Waals surface area contributed by atoms with Gasteiger partial charge in [0, 0.05) is 14.5 Å². The molecule has 4 nitrogen and oxygen atoms in total. The molecule has 0 fully saturated rings. The van der Waals surface area contributed by atoms with Crippen LogP contribution < -0.4 is 0 Å². The van der Waals surface area contributed by atoms with Gasteiger partial charge in [0.2, 0.25) is 0 Å². The van der Waals surface area contributed by atoms with E-state index >= 15 is 0 Å². The molecule has 5 heteroatoms. The summed E-state index contributed by atoms with van der Waals surface area (Å²) in [6, 6.07) is 1.03. The standard InChI is InChI=1S/C18H34O4Si/c1-18(2,3)17(21)22-13-15(14-23(4,5)6)11-9-7-8-10-12-16(19)20/h11H,7-10,12-14H2,1-6H3,(H,19,20)/b15-11-. The van der Waals surface area contributed by atoms with Crippen molar-refractivity contribution in [1.29, 1.82) is 0 Å². The maximum absolute atomic E-state index is 11.9. The number of carboxylic acids is 1. The van der Waals surface area contributed by atoms with Gasteiger partial charge in [-0.3, -0.25) is 9.59 Å². The van der Waals surface area contributed by atoms with Crippen molar-refractivity contribution in [3.8, 4) is 0 Å². The fourth-order valence-corrected chi connectivity index (χ4v) is 3.75. The number of allylic oxidation sites excluding steroid dienone is 1. The Bertz CT molecular complexity index is 414. The average molecular weight is 343 g/mol. The number of hydrogen-bond acceptors (Lipinski definition) is 3. The van der Waals surface area contributed by atoms with Crippen LogP contribution in [-0.4, -0.2) is 31.7 Å². The molecular weight excluding hydrogens is 308 g/mol. The summed E-state index contributed by atoms with van der Waals surface area (Å²) in [5.41, 5.74) is 0.737. The second kappa shape index (κ2) is 9.91. The third-order valence-electron chi connectivity index (χ3n) is 3.29. The summed E-state index contributed by atoms with van der Waals surface area (Å²) >= 11 is 0. The Morgan fingerprint density at radius 2 is 1.70 bits per heavy atom. The van der Waals surface area contributed by atoms with Crippen LogP contribution in [0.5, 0.6) is 0 Å². The zero-order valence-corrected chi connectivity index (χ0v) is 16.7. The Morgan fingerprint density at radius 3 is 2.17 bits per heavy atom. The molecule has 0 aromatic rings. The molecule has 0 radical (unpaired) electrons. The van der Waals surface area contributed by atoms with Gasteiger partial charge in [-0.15, -0.1) is 0 Å². The third-order valence-corrected chi connectivity index (χ3v) is 4.80. The third kappa shape index (κ3) is 13.1. The first-order valence-corrected chi connectivity index (χ1v) is 12.2. The quantitative estimate of drug-likeness (QED) is 0.266. The van der Waals surface area contributed by atoms with Gasteiger partial charge in [-0.2, -0.15) is 0 Å². The van der Waals surface area contributed by atoms with E-state index in [1.165, 1.54) is 5.57 Å². The summed E-state index contributed by atoms with van der Waals surface area (Å²) in [5, 5.41) is 8.62. The average Bonchev–Trinajstić information content (AvgIpc) is 2.36. The van der Waals surface area contributed by atoms with Crippen LogP contribution in [-0.2, 0) is 14.3 Å². The number of hydrogen-bond donors (Lipinski definition) is 1. The molecule has 1 N–H and O–H groups in total. The molecule has 0 aromatic heterocycles. The summed E-state index contributed by atoms with van der Waals surface area (Å²) in [6.07, 6.45) is 5.99. The van der Waals surface area contributed by atoms with Crippen molar-refractivity contribution in [1.82, 2.24) is 0 Å². The first-order valence-electron chi connectivity index (χ1n) is 8.49. The Labute approximate surface area is 142 Å². The van der Waals surface area contributed by atoms with E-state index in [1.54, 1.807) is 0 Å². The molecule has 0 unspecified atom stereocenters. The lowest BCUT2D eigenvalue weighted by Gasteiger charge is -2.21. The SMILES string of the molecule is CC(C)(C)C(=O)OC/C(=C/CCCCCC(=O)O)C[Si](C)(C)C. The highest BCUT2D eigenvalue weighted by molar-refractivity contribution is 6.76. The van der Waals surface area contributed by atoms with Crippen LogP contribution in [0.3, 0.4) is 0 Å². The van der Waals surface area contributed by atoms with E-state index in [4.69, 9.17) is 9.84 Å². The van der Waals surface area contributed by atoms with Gasteiger partial charge < -0.3 is 9.84 Å². The second-order valence-corrected chi connectivity index (χ2v) is 13.9. The summed E-state index contributed by atoms with van der Waals surface area (Å²) in [4.78, 5) is 22.4. The van der Waals surface area contributed by atoms with Crippen LogP contribution in [0.25, 0.3) is 0 Å². The lowest BCUT2D eigenvalue weighted by Crippen LogP contribution is -2.26. The van der Waals surface area contributed by atoms with Crippen LogP contribution in [0.15, 0.2) is 11.6 Å². The highest BCUT2D eigenvalue weighted by Crippen LogP contribution is 2.21. The van der Waals surface area contributed by atoms with E-state index in [-0.39, 0.29) is 12.4 Å². The van der Waals surface area contributed by atoms with Crippen molar-refractivity contribution < 1.29 is 19.4 Å². The lowest BCUT2D eigenvalue weighted by atomic mass is 9.97. The molecule has 0 aliphatic heterocycles. The van der Waals surface area contributed by atoms with E-state index in [0.29, 0.717) is 6.61 Å². The first-order chi connectivity index (χ1) is 10.4. The van der Waals surface area contributed by atoms with Crippen LogP contribution >= 0.6 is 0 Å². The first kappa shape index (κ1) is 21.9. The molecule has 0 aliphatic rings. The molecule has 23 heavy (non-hydrogen) atoms. The Kier molecular flexibility index (Phi) is 9.43. The number of carbonyl (C=O) groups excluding carboxylic acids is 1. The molecule has 0 heterocycles. The smallest absolute Gasteiger partial charge is 0.311 e. The normalized spacial score (nSPS) is 13.0. The summed E-state index contributed by atoms with van der Waals surface area (Å²) < 4.78 is 5.46. The molecule has 0 amide bonds. The van der Waals surface area contributed by atoms with E-state index in [9.17, 15) is 9.59 Å². The molecule has 0 aliphatic carbocycles. The Hall–Kier alpha value is -1.10. The van der Waals surface area contributed by atoms with Gasteiger partial charge in [0.05, 0.1) is 5.41 Å². The number of carbonyl (C=O) groups is 2. The van der Waals surface area contributed by atoms with E-state index < -0.39 is 19.5 Å². The number of aliphatic carboxylic acids is 1. The number of unbranched alkanes of at least 4 members (excludes halogenated alkanes) is 3. The van der Waals surface area contributed by atoms with Crippen molar-refractivity contribution in [2.75, 3.05) is 6.61 Å². The van der Waals surface area contributed by atoms with E-state index in [2.05, 4.69) is 25.7 Å². The van der Waals surface area contributed by atoms with Crippen molar-refractivity contribution in [2.45, 2.75) is 78.6 Å². The predicted octanol–water partition coefficient (Wildman–Crippen LogP) is 4.88. The van der Waals surface area contributed by atoms with Gasteiger partial charge in [0.25, 0.3) is 0 Å². The zero-order chi connectivity index (χ0) is 18.1. The molecule has 0 aromatic carbocycles. The van der Waals surface area contributed by atoms with Crippen molar-refractivity contribution in [3.05, 3.63) is 11.6 Å². The minimum absolute atomic E-state index is 0.166. The molecule has 0 spiro atoms. The van der Waals surface area contributed by atoms with Gasteiger partial charge in [-0.25, -0.2) is 0 Å². The maximum atomic E-state index is 11.9. The van der Waals surface area contributed by atoms with Crippen LogP contribution in [0.2, 0.25) is 25.7 Å². The predicted molar refractivity (Wildman–Crippen MR) is 97.4 cm³/mol. The monoisotopic (exact) mass is 342 g/mol. The van der Waals surface area contributed by atoms with Gasteiger partial charge in [0.15, 0.2) is 0 Å². The number of rotatable bonds is 10. The molecule has 0 saturated carbocycles. The topological polar surface area (TPSA) is 63.6 Å². The Balaban J connectivity index is 4.42. The van der Waals surface area contributed by atoms with Gasteiger partial charge in [-0.1, -0.05) is 32.1 Å². The van der Waals surface area contributed by atoms with Gasteiger partial charge >= 0.3 is 11.9 Å². The number of ether oxygens (including phenoxy) is 1. The second-order valence-electron chi connectivity index (χ2n) is 8.42. The molecule has 0 saturated heterocycles. The van der Waals surface area contributed by atoms with Crippen LogP contribution in [0.4, 0.5) is 0 Å². The van der Waals surface area contributed by atoms with Gasteiger partial charge in [0.1, 0.15) is 6.61 Å². The molecular formula is C18H34O4Si. The summed E-state index contributed by atoms with van der Waals surface area (Å²) in [6.45, 7) is 12.9. The summed E-state index contributed by atoms with van der Waals surface area (Å²) in [5.74, 6) is -0.894. The molecule has 0 atom stereocenters. The Morgan fingerprint density at radius 1 is 1.09 bits per heavy atom. The molecule has 134 valence electrons. The van der Waals surface area contributed by atoms with E-state index in [0.717, 1.165) is 31.7 Å². The lowest BCUT2D eigenvalue weighted by molar-refractivity contribution is -0.151. The van der Waals surface area contributed by atoms with Crippen LogP contribution in [0.1, 0.15) is 52.9 Å². The molecule has 0 rings (SSSR count). The van der Waals surface area contributed by atoms with Crippen LogP contribution in [0, 0.1) is 5.41 Å². The maximum Gasteiger partial charge on any atom is 0.311 e. The highest BCUT2D eigenvalue weighted by Gasteiger charge is 2.24. The highest BCUT2D eigenvalue weighted by atomic mass is 28.3. The number of esters is 1. The van der Waals surface area contributed by atoms with Crippen molar-refractivity contribution in [2.24, 2.45) is 5.41 Å². The van der Waals surface area contributed by atoms with Gasteiger partial charge in [-0.05, 0) is 51.7 Å². The summed E-state index contributed by atoms with van der Waals surface area (Å²) in [7, 11) is -1.27. The fourth-order valence-electron chi connectivity index (χ4n) is 2.14. The molecule has 0 bridgehead atoms. The minimum Gasteiger partial charge on any atom is -0.481 e. The zero-order valence-electron chi connectivity index (χ0n) is 15.7. The minimum atomic E-state index is -1.27. The van der Waals surface area contributed by atoms with Crippen molar-refractivity contribution >= 4 is 20.0 Å². The van der Waals surface area contributed by atoms with Crippen molar-refractivity contribution in [3.63, 3.8) is 0 Å². The number of carboxylic acid groups (broad SMARTS) is 1. The fraction of sp³-hybridized carbons (Fsp3) is 0.778. The largest absolute Gasteiger partial charge is 0.481 e. The van der Waals surface area contributed by atoms with E-state index in [1.807, 2.05) is 20.8 Å².